The van der Waals surface area contributed by atoms with Crippen LogP contribution in [0.4, 0.5) is 0 Å². The summed E-state index contributed by atoms with van der Waals surface area (Å²) in [6.07, 6.45) is 9.79. The largest absolute Gasteiger partial charge is 0.393 e. The fraction of sp³-hybridized carbons (Fsp3) is 0.688. The number of nitrogens with one attached hydrogen (secondary N) is 1. The summed E-state index contributed by atoms with van der Waals surface area (Å²) >= 11 is 0. The van der Waals surface area contributed by atoms with Gasteiger partial charge in [-0.3, -0.25) is 4.98 Å². The van der Waals surface area contributed by atoms with Gasteiger partial charge in [0, 0.05) is 12.2 Å². The molecule has 1 heterocycles. The van der Waals surface area contributed by atoms with Crippen LogP contribution >= 0.6 is 0 Å². The first-order valence-electron chi connectivity index (χ1n) is 7.68. The highest BCUT2D eigenvalue weighted by molar-refractivity contribution is 5.25. The number of aromatic nitrogens is 1. The van der Waals surface area contributed by atoms with Crippen molar-refractivity contribution in [2.75, 3.05) is 6.54 Å². The standard InChI is InChI=1S/C16H24N2O/c19-14-8-6-12(7-9-14)11-18-15-5-1-3-13-4-2-10-17-16(13)15/h2,4,10,12,14-15,18-19H,1,3,5-9,11H2. The predicted octanol–water partition coefficient (Wildman–Crippen LogP) is 2.60. The lowest BCUT2D eigenvalue weighted by molar-refractivity contribution is 0.107. The summed E-state index contributed by atoms with van der Waals surface area (Å²) < 4.78 is 0. The van der Waals surface area contributed by atoms with Crippen molar-refractivity contribution in [2.24, 2.45) is 5.92 Å². The number of hydrogen-bond donors (Lipinski definition) is 2. The molecule has 1 atom stereocenters. The fourth-order valence-electron chi connectivity index (χ4n) is 3.47. The molecule has 19 heavy (non-hydrogen) atoms. The molecule has 0 spiro atoms. The molecule has 2 aliphatic rings. The smallest absolute Gasteiger partial charge is 0.0605 e. The van der Waals surface area contributed by atoms with Crippen LogP contribution in [-0.4, -0.2) is 22.7 Å². The molecule has 1 saturated carbocycles. The van der Waals surface area contributed by atoms with Gasteiger partial charge >= 0.3 is 0 Å². The molecule has 104 valence electrons. The number of aliphatic hydroxyl groups is 1. The Balaban J connectivity index is 1.56. The molecule has 2 N–H and O–H groups in total. The minimum Gasteiger partial charge on any atom is -0.393 e. The van der Waals surface area contributed by atoms with Crippen molar-refractivity contribution >= 4 is 0 Å². The SMILES string of the molecule is OC1CCC(CNC2CCCc3cccnc32)CC1. The lowest BCUT2D eigenvalue weighted by Crippen LogP contribution is -2.32. The van der Waals surface area contributed by atoms with Gasteiger partial charge in [0.15, 0.2) is 0 Å². The Morgan fingerprint density at radius 2 is 2.05 bits per heavy atom. The van der Waals surface area contributed by atoms with Crippen LogP contribution in [-0.2, 0) is 6.42 Å². The molecule has 0 aromatic carbocycles. The van der Waals surface area contributed by atoms with Crippen LogP contribution in [0.5, 0.6) is 0 Å². The summed E-state index contributed by atoms with van der Waals surface area (Å²) in [6, 6.07) is 4.70. The Hall–Kier alpha value is -0.930. The van der Waals surface area contributed by atoms with Gasteiger partial charge in [0.1, 0.15) is 0 Å². The van der Waals surface area contributed by atoms with Crippen LogP contribution in [0, 0.1) is 5.92 Å². The molecule has 0 radical (unpaired) electrons. The van der Waals surface area contributed by atoms with Gasteiger partial charge in [0.05, 0.1) is 11.8 Å². The first kappa shape index (κ1) is 13.1. The molecule has 3 heteroatoms. The van der Waals surface area contributed by atoms with E-state index in [2.05, 4.69) is 16.4 Å². The molecule has 0 bridgehead atoms. The Morgan fingerprint density at radius 1 is 1.21 bits per heavy atom. The lowest BCUT2D eigenvalue weighted by atomic mass is 9.86. The average molecular weight is 260 g/mol. The van der Waals surface area contributed by atoms with E-state index in [1.807, 2.05) is 12.3 Å². The van der Waals surface area contributed by atoms with Gasteiger partial charge < -0.3 is 10.4 Å². The quantitative estimate of drug-likeness (QED) is 0.878. The predicted molar refractivity (Wildman–Crippen MR) is 75.9 cm³/mol. The number of hydrogen-bond acceptors (Lipinski definition) is 3. The zero-order valence-corrected chi connectivity index (χ0v) is 11.5. The second-order valence-corrected chi connectivity index (χ2v) is 6.08. The zero-order chi connectivity index (χ0) is 13.1. The summed E-state index contributed by atoms with van der Waals surface area (Å²) in [7, 11) is 0. The zero-order valence-electron chi connectivity index (χ0n) is 11.5. The normalized spacial score (nSPS) is 30.9. The summed E-state index contributed by atoms with van der Waals surface area (Å²) in [5.74, 6) is 0.734. The van der Waals surface area contributed by atoms with Crippen LogP contribution < -0.4 is 5.32 Å². The first-order chi connectivity index (χ1) is 9.33. The van der Waals surface area contributed by atoms with E-state index < -0.39 is 0 Å². The molecule has 2 aliphatic carbocycles. The Morgan fingerprint density at radius 3 is 2.89 bits per heavy atom. The van der Waals surface area contributed by atoms with E-state index in [1.165, 1.54) is 30.5 Å². The number of aliphatic hydroxyl groups excluding tert-OH is 1. The van der Waals surface area contributed by atoms with Crippen LogP contribution in [0.25, 0.3) is 0 Å². The first-order valence-corrected chi connectivity index (χ1v) is 7.68. The molecular weight excluding hydrogens is 236 g/mol. The van der Waals surface area contributed by atoms with Gasteiger partial charge in [0.25, 0.3) is 0 Å². The van der Waals surface area contributed by atoms with Crippen LogP contribution in [0.2, 0.25) is 0 Å². The number of nitrogens with zero attached hydrogens (tertiary/aromatic N) is 1. The van der Waals surface area contributed by atoms with E-state index in [9.17, 15) is 5.11 Å². The molecule has 1 aromatic rings. The maximum atomic E-state index is 9.54. The van der Waals surface area contributed by atoms with Crippen molar-refractivity contribution in [3.63, 3.8) is 0 Å². The molecule has 0 aliphatic heterocycles. The van der Waals surface area contributed by atoms with Crippen LogP contribution in [0.15, 0.2) is 18.3 Å². The van der Waals surface area contributed by atoms with Gasteiger partial charge in [-0.1, -0.05) is 6.07 Å². The van der Waals surface area contributed by atoms with E-state index in [0.29, 0.717) is 6.04 Å². The summed E-state index contributed by atoms with van der Waals surface area (Å²) in [4.78, 5) is 4.57. The number of aryl methyl sites for hydroxylation is 1. The third-order valence-corrected chi connectivity index (χ3v) is 4.66. The fourth-order valence-corrected chi connectivity index (χ4v) is 3.47. The second-order valence-electron chi connectivity index (χ2n) is 6.08. The number of pyridine rings is 1. The Labute approximate surface area is 115 Å². The Kier molecular flexibility index (Phi) is 4.14. The average Bonchev–Trinajstić information content (AvgIpc) is 2.47. The highest BCUT2D eigenvalue weighted by Crippen LogP contribution is 2.29. The minimum absolute atomic E-state index is 0.0478. The summed E-state index contributed by atoms with van der Waals surface area (Å²) in [5.41, 5.74) is 2.69. The molecule has 3 nitrogen and oxygen atoms in total. The highest BCUT2D eigenvalue weighted by Gasteiger charge is 2.23. The van der Waals surface area contributed by atoms with Gasteiger partial charge in [0.2, 0.25) is 0 Å². The van der Waals surface area contributed by atoms with Crippen molar-refractivity contribution in [3.05, 3.63) is 29.6 Å². The maximum Gasteiger partial charge on any atom is 0.0605 e. The van der Waals surface area contributed by atoms with Crippen molar-refractivity contribution in [2.45, 2.75) is 57.1 Å². The molecule has 1 unspecified atom stereocenters. The number of fused-ring (bicyclic) bond motifs is 1. The number of rotatable bonds is 3. The molecule has 3 rings (SSSR count). The lowest BCUT2D eigenvalue weighted by Gasteiger charge is -2.30. The Bertz CT molecular complexity index is 413. The topological polar surface area (TPSA) is 45.1 Å². The van der Waals surface area contributed by atoms with Crippen molar-refractivity contribution in [1.82, 2.24) is 10.3 Å². The van der Waals surface area contributed by atoms with Gasteiger partial charge in [-0.05, 0) is 69.0 Å². The van der Waals surface area contributed by atoms with E-state index in [-0.39, 0.29) is 6.10 Å². The molecule has 1 aromatic heterocycles. The monoisotopic (exact) mass is 260 g/mol. The highest BCUT2D eigenvalue weighted by atomic mass is 16.3. The maximum absolute atomic E-state index is 9.54. The van der Waals surface area contributed by atoms with Crippen LogP contribution in [0.3, 0.4) is 0 Å². The van der Waals surface area contributed by atoms with E-state index >= 15 is 0 Å². The molecule has 0 saturated heterocycles. The molecule has 0 amide bonds. The minimum atomic E-state index is -0.0478. The molecular formula is C16H24N2O. The third kappa shape index (κ3) is 3.15. The van der Waals surface area contributed by atoms with E-state index in [1.54, 1.807) is 0 Å². The third-order valence-electron chi connectivity index (χ3n) is 4.66. The van der Waals surface area contributed by atoms with Crippen molar-refractivity contribution in [3.8, 4) is 0 Å². The van der Waals surface area contributed by atoms with E-state index in [0.717, 1.165) is 38.1 Å². The van der Waals surface area contributed by atoms with Gasteiger partial charge in [-0.2, -0.15) is 0 Å². The van der Waals surface area contributed by atoms with E-state index in [4.69, 9.17) is 0 Å². The van der Waals surface area contributed by atoms with Gasteiger partial charge in [-0.15, -0.1) is 0 Å². The van der Waals surface area contributed by atoms with Crippen molar-refractivity contribution < 1.29 is 5.11 Å². The summed E-state index contributed by atoms with van der Waals surface area (Å²) in [6.45, 7) is 1.08. The molecule has 1 fully saturated rings. The summed E-state index contributed by atoms with van der Waals surface area (Å²) in [5, 5.41) is 13.3. The second kappa shape index (κ2) is 6.02. The van der Waals surface area contributed by atoms with Gasteiger partial charge in [-0.25, -0.2) is 0 Å². The van der Waals surface area contributed by atoms with Crippen molar-refractivity contribution in [1.29, 1.82) is 0 Å². The van der Waals surface area contributed by atoms with Crippen LogP contribution in [0.1, 0.15) is 55.8 Å².